The molecule has 2 aromatic carbocycles. The van der Waals surface area contributed by atoms with Crippen LogP contribution in [0, 0.1) is 0 Å². The van der Waals surface area contributed by atoms with Gasteiger partial charge in [0.25, 0.3) is 11.7 Å². The lowest BCUT2D eigenvalue weighted by molar-refractivity contribution is -0.302. The maximum absolute atomic E-state index is 12.6. The second-order valence-electron chi connectivity index (χ2n) is 7.41. The van der Waals surface area contributed by atoms with Crippen LogP contribution in [0.1, 0.15) is 24.5 Å². The Labute approximate surface area is 201 Å². The van der Waals surface area contributed by atoms with E-state index < -0.39 is 24.0 Å². The number of anilines is 1. The van der Waals surface area contributed by atoms with Crippen LogP contribution in [0.3, 0.4) is 0 Å². The van der Waals surface area contributed by atoms with Gasteiger partial charge in [-0.3, -0.25) is 20.7 Å². The number of hydrazine groups is 1. The summed E-state index contributed by atoms with van der Waals surface area (Å²) in [7, 11) is 0. The molecule has 1 saturated heterocycles. The third-order valence-corrected chi connectivity index (χ3v) is 4.59. The van der Waals surface area contributed by atoms with E-state index in [1.807, 2.05) is 6.07 Å². The Bertz CT molecular complexity index is 1040. The van der Waals surface area contributed by atoms with E-state index in [9.17, 15) is 14.4 Å². The zero-order valence-electron chi connectivity index (χ0n) is 19.2. The summed E-state index contributed by atoms with van der Waals surface area (Å²) in [4.78, 5) is 45.9. The second kappa shape index (κ2) is 13.3. The van der Waals surface area contributed by atoms with Crippen molar-refractivity contribution >= 4 is 35.3 Å². The second-order valence-corrected chi connectivity index (χ2v) is 7.41. The highest BCUT2D eigenvalue weighted by molar-refractivity contribution is 5.93. The first-order valence-corrected chi connectivity index (χ1v) is 10.6. The summed E-state index contributed by atoms with van der Waals surface area (Å²) in [5.41, 5.74) is 10.2. The van der Waals surface area contributed by atoms with Gasteiger partial charge < -0.3 is 25.3 Å². The number of morpholine rings is 1. The van der Waals surface area contributed by atoms with Gasteiger partial charge in [0.05, 0.1) is 25.1 Å². The number of hydrogen-bond donors (Lipinski definition) is 5. The molecular formula is C23H28N6O6. The molecule has 7 N–H and O–H groups in total. The minimum atomic E-state index is -1.08. The van der Waals surface area contributed by atoms with E-state index >= 15 is 0 Å². The van der Waals surface area contributed by atoms with Crippen LogP contribution in [0.5, 0.6) is 0 Å². The monoisotopic (exact) mass is 484 g/mol. The zero-order chi connectivity index (χ0) is 25.8. The van der Waals surface area contributed by atoms with Gasteiger partial charge in [0.15, 0.2) is 0 Å². The fourth-order valence-electron chi connectivity index (χ4n) is 2.96. The van der Waals surface area contributed by atoms with Gasteiger partial charge in [-0.2, -0.15) is 0 Å². The average molecular weight is 485 g/mol. The Morgan fingerprint density at radius 3 is 2.37 bits per heavy atom. The minimum Gasteiger partial charge on any atom is -0.550 e. The number of amidine groups is 1. The van der Waals surface area contributed by atoms with E-state index in [4.69, 9.17) is 25.8 Å². The summed E-state index contributed by atoms with van der Waals surface area (Å²) in [5.74, 6) is -1.69. The van der Waals surface area contributed by atoms with Gasteiger partial charge >= 0.3 is 6.03 Å². The average Bonchev–Trinajstić information content (AvgIpc) is 2.81. The number of urea groups is 1. The smallest absolute Gasteiger partial charge is 0.338 e. The molecular weight excluding hydrogens is 456 g/mol. The zero-order valence-corrected chi connectivity index (χ0v) is 19.2. The highest BCUT2D eigenvalue weighted by Crippen LogP contribution is 2.11. The van der Waals surface area contributed by atoms with Gasteiger partial charge in [0.2, 0.25) is 5.91 Å². The molecule has 1 aliphatic heterocycles. The Hall–Kier alpha value is -4.45. The third-order valence-electron chi connectivity index (χ3n) is 4.59. The van der Waals surface area contributed by atoms with Crippen LogP contribution in [0.2, 0.25) is 0 Å². The highest BCUT2D eigenvalue weighted by atomic mass is 16.5. The Kier molecular flexibility index (Phi) is 10.2. The molecule has 2 aromatic rings. The molecule has 3 rings (SSSR count). The van der Waals surface area contributed by atoms with E-state index in [0.29, 0.717) is 11.3 Å². The lowest BCUT2D eigenvalue weighted by Gasteiger charge is -2.32. The fraction of sp³-hybridized carbons (Fsp3) is 0.261. The summed E-state index contributed by atoms with van der Waals surface area (Å²) >= 11 is 0. The number of carbonyl (C=O) groups is 4. The van der Waals surface area contributed by atoms with Crippen molar-refractivity contribution in [3.05, 3.63) is 65.7 Å². The fourth-order valence-corrected chi connectivity index (χ4v) is 2.96. The highest BCUT2D eigenvalue weighted by Gasteiger charge is 2.32. The first kappa shape index (κ1) is 26.8. The van der Waals surface area contributed by atoms with Crippen LogP contribution in [0.15, 0.2) is 54.6 Å². The van der Waals surface area contributed by atoms with Crippen molar-refractivity contribution in [3.63, 3.8) is 0 Å². The summed E-state index contributed by atoms with van der Waals surface area (Å²) in [6, 6.07) is 15.4. The molecule has 1 aliphatic rings. The quantitative estimate of drug-likeness (QED) is 0.219. The molecule has 4 amide bonds. The van der Waals surface area contributed by atoms with Crippen LogP contribution in [-0.4, -0.2) is 53.9 Å². The summed E-state index contributed by atoms with van der Waals surface area (Å²) in [5, 5.41) is 21.0. The summed E-state index contributed by atoms with van der Waals surface area (Å²) in [6.07, 6.45) is -1.13. The van der Waals surface area contributed by atoms with Crippen LogP contribution in [0.25, 0.3) is 0 Å². The van der Waals surface area contributed by atoms with E-state index in [1.54, 1.807) is 48.5 Å². The lowest BCUT2D eigenvalue weighted by atomic mass is 10.1. The number of carboxylic acids is 1. The number of ether oxygens (including phenoxy) is 1. The number of benzene rings is 2. The van der Waals surface area contributed by atoms with Crippen LogP contribution in [-0.2, 0) is 25.7 Å². The van der Waals surface area contributed by atoms with Gasteiger partial charge in [0.1, 0.15) is 6.10 Å². The van der Waals surface area contributed by atoms with Crippen molar-refractivity contribution in [1.29, 1.82) is 0 Å². The molecule has 1 heterocycles. The SMILES string of the molecule is CC(=O)[O-].NC(=[NH2+])c1ccc(CNC(=O)C[C@H]2OCCN(NC(=O)Nc3ccccc3)C2=O)cc1. The number of aliphatic carboxylic acids is 1. The molecule has 1 fully saturated rings. The molecule has 0 radical (unpaired) electrons. The number of carbonyl (C=O) groups excluding carboxylic acids is 4. The van der Waals surface area contributed by atoms with Gasteiger partial charge in [-0.1, -0.05) is 30.3 Å². The van der Waals surface area contributed by atoms with Crippen molar-refractivity contribution in [2.75, 3.05) is 18.5 Å². The van der Waals surface area contributed by atoms with E-state index in [2.05, 4.69) is 16.1 Å². The molecule has 0 unspecified atom stereocenters. The van der Waals surface area contributed by atoms with Crippen molar-refractivity contribution in [2.24, 2.45) is 5.73 Å². The van der Waals surface area contributed by atoms with Crippen molar-refractivity contribution < 1.29 is 34.4 Å². The predicted octanol–water partition coefficient (Wildman–Crippen LogP) is -2.12. The number of rotatable bonds is 7. The molecule has 186 valence electrons. The van der Waals surface area contributed by atoms with Gasteiger partial charge in [-0.05, 0) is 36.8 Å². The lowest BCUT2D eigenvalue weighted by Crippen LogP contribution is -2.57. The molecule has 0 bridgehead atoms. The first-order chi connectivity index (χ1) is 16.7. The van der Waals surface area contributed by atoms with Crippen LogP contribution in [0.4, 0.5) is 10.5 Å². The number of nitrogens with zero attached hydrogens (tertiary/aromatic N) is 1. The number of nitrogens with two attached hydrogens (primary N) is 2. The van der Waals surface area contributed by atoms with Crippen molar-refractivity contribution in [3.8, 4) is 0 Å². The number of nitrogens with one attached hydrogen (secondary N) is 3. The third kappa shape index (κ3) is 9.52. The normalized spacial score (nSPS) is 14.7. The van der Waals surface area contributed by atoms with Crippen molar-refractivity contribution in [2.45, 2.75) is 26.0 Å². The largest absolute Gasteiger partial charge is 0.550 e. The van der Waals surface area contributed by atoms with Crippen molar-refractivity contribution in [1.82, 2.24) is 15.8 Å². The number of carboxylic acid groups (broad SMARTS) is 1. The number of amides is 4. The van der Waals surface area contributed by atoms with Gasteiger partial charge in [0, 0.05) is 18.2 Å². The van der Waals surface area contributed by atoms with E-state index in [0.717, 1.165) is 17.5 Å². The summed E-state index contributed by atoms with van der Waals surface area (Å²) in [6.45, 7) is 1.65. The molecule has 0 spiro atoms. The van der Waals surface area contributed by atoms with E-state index in [-0.39, 0.29) is 37.9 Å². The maximum Gasteiger partial charge on any atom is 0.338 e. The van der Waals surface area contributed by atoms with Gasteiger partial charge in [-0.15, -0.1) is 0 Å². The predicted molar refractivity (Wildman–Crippen MR) is 124 cm³/mol. The van der Waals surface area contributed by atoms with Crippen LogP contribution < -0.4 is 32.3 Å². The standard InChI is InChI=1S/C21H24N6O4.C2H4O2/c22-19(23)15-8-6-14(7-9-15)13-24-18(28)12-17-20(29)27(10-11-31-17)26-21(30)25-16-4-2-1-3-5-16;1-2(3)4/h1-9,17H,10-13H2,(H3,22,23)(H,24,28)(H2,25,26,30);1H3,(H,3,4)/t17-;/m1./s1. The van der Waals surface area contributed by atoms with Gasteiger partial charge in [-0.25, -0.2) is 15.2 Å². The van der Waals surface area contributed by atoms with Crippen LogP contribution >= 0.6 is 0 Å². The number of hydrogen-bond acceptors (Lipinski definition) is 6. The molecule has 0 aliphatic carbocycles. The summed E-state index contributed by atoms with van der Waals surface area (Å²) < 4.78 is 5.43. The molecule has 35 heavy (non-hydrogen) atoms. The Balaban J connectivity index is 0.00000100. The molecule has 0 aromatic heterocycles. The first-order valence-electron chi connectivity index (χ1n) is 10.6. The molecule has 0 saturated carbocycles. The molecule has 1 atom stereocenters. The molecule has 12 heteroatoms. The Morgan fingerprint density at radius 1 is 1.14 bits per heavy atom. The maximum atomic E-state index is 12.6. The molecule has 12 nitrogen and oxygen atoms in total. The van der Waals surface area contributed by atoms with E-state index in [1.165, 1.54) is 0 Å². The topological polar surface area (TPSA) is 192 Å². The number of para-hydroxylation sites is 1. The minimum absolute atomic E-state index is 0.154. The Morgan fingerprint density at radius 2 is 1.77 bits per heavy atom.